The van der Waals surface area contributed by atoms with Crippen molar-refractivity contribution in [1.82, 2.24) is 5.32 Å². The Labute approximate surface area is 470 Å². The first-order valence-corrected chi connectivity index (χ1v) is 34.8. The molecule has 0 radical (unpaired) electrons. The molecule has 0 bridgehead atoms. The van der Waals surface area contributed by atoms with E-state index in [1.807, 2.05) is 0 Å². The van der Waals surface area contributed by atoms with Gasteiger partial charge in [-0.15, -0.1) is 0 Å². The number of hydrogen-bond donors (Lipinski definition) is 3. The number of aliphatic hydroxyl groups excluding tert-OH is 2. The van der Waals surface area contributed by atoms with Crippen molar-refractivity contribution >= 4 is 11.9 Å². The van der Waals surface area contributed by atoms with E-state index in [1.54, 1.807) is 0 Å². The summed E-state index contributed by atoms with van der Waals surface area (Å²) in [4.78, 5) is 24.5. The molecule has 0 spiro atoms. The number of aliphatic hydroxyl groups is 2. The minimum absolute atomic E-state index is 0.0242. The monoisotopic (exact) mass is 1060 g/mol. The quantitative estimate of drug-likeness (QED) is 0.0417. The molecular weight excluding hydrogens is 923 g/mol. The standard InChI is InChI=1S/C69H137NO5/c1-3-5-7-9-11-13-15-43-47-51-55-59-63-69(74)75-64-60-56-52-48-44-40-38-36-34-32-30-28-26-24-22-20-18-16-17-19-21-23-25-27-29-31-33-35-37-39-42-46-50-54-58-62-68(73)70-66(65-71)67(72)61-57-53-49-45-41-14-12-10-8-6-4-2/h66-67,71-72H,3-65H2,1-2H3,(H,70,73). The molecule has 0 saturated heterocycles. The summed E-state index contributed by atoms with van der Waals surface area (Å²) >= 11 is 0. The molecule has 0 saturated carbocycles. The Bertz CT molecular complexity index is 1080. The molecule has 75 heavy (non-hydrogen) atoms. The number of carbonyl (C=O) groups is 2. The number of carbonyl (C=O) groups excluding carboxylic acids is 2. The molecule has 0 rings (SSSR count). The Morgan fingerprint density at radius 3 is 0.813 bits per heavy atom. The Balaban J connectivity index is 3.27. The summed E-state index contributed by atoms with van der Waals surface area (Å²) in [7, 11) is 0. The van der Waals surface area contributed by atoms with Gasteiger partial charge < -0.3 is 20.3 Å². The molecule has 2 unspecified atom stereocenters. The predicted molar refractivity (Wildman–Crippen MR) is 329 cm³/mol. The number of ether oxygens (including phenoxy) is 1. The molecule has 0 aliphatic heterocycles. The van der Waals surface area contributed by atoms with Crippen LogP contribution in [0, 0.1) is 0 Å². The summed E-state index contributed by atoms with van der Waals surface area (Å²) in [5, 5.41) is 23.2. The normalized spacial score (nSPS) is 12.4. The highest BCUT2D eigenvalue weighted by atomic mass is 16.5. The first kappa shape index (κ1) is 73.9. The van der Waals surface area contributed by atoms with E-state index in [1.165, 1.54) is 334 Å². The van der Waals surface area contributed by atoms with Crippen molar-refractivity contribution in [3.63, 3.8) is 0 Å². The van der Waals surface area contributed by atoms with Crippen LogP contribution in [0.3, 0.4) is 0 Å². The molecule has 0 aliphatic carbocycles. The van der Waals surface area contributed by atoms with Crippen molar-refractivity contribution in [2.45, 2.75) is 418 Å². The fraction of sp³-hybridized carbons (Fsp3) is 0.971. The Hall–Kier alpha value is -1.14. The molecule has 448 valence electrons. The van der Waals surface area contributed by atoms with Crippen LogP contribution < -0.4 is 5.32 Å². The van der Waals surface area contributed by atoms with Gasteiger partial charge in [0.25, 0.3) is 0 Å². The van der Waals surface area contributed by atoms with Crippen LogP contribution in [0.5, 0.6) is 0 Å². The van der Waals surface area contributed by atoms with Crippen LogP contribution in [0.1, 0.15) is 406 Å². The average molecular weight is 1060 g/mol. The Kier molecular flexibility index (Phi) is 64.4. The lowest BCUT2D eigenvalue weighted by atomic mass is 10.0. The van der Waals surface area contributed by atoms with E-state index in [0.717, 1.165) is 38.5 Å². The summed E-state index contributed by atoms with van der Waals surface area (Å²) in [5.41, 5.74) is 0. The number of unbranched alkanes of at least 4 members (excludes halogenated alkanes) is 55. The van der Waals surface area contributed by atoms with Crippen LogP contribution in [0.25, 0.3) is 0 Å². The van der Waals surface area contributed by atoms with E-state index in [-0.39, 0.29) is 18.5 Å². The van der Waals surface area contributed by atoms with Crippen LogP contribution >= 0.6 is 0 Å². The van der Waals surface area contributed by atoms with Crippen molar-refractivity contribution in [2.24, 2.45) is 0 Å². The van der Waals surface area contributed by atoms with Crippen LogP contribution in [0.15, 0.2) is 0 Å². The number of amides is 1. The maximum Gasteiger partial charge on any atom is 0.305 e. The number of nitrogens with one attached hydrogen (secondary N) is 1. The van der Waals surface area contributed by atoms with Crippen molar-refractivity contribution in [1.29, 1.82) is 0 Å². The van der Waals surface area contributed by atoms with Crippen LogP contribution in [-0.2, 0) is 14.3 Å². The lowest BCUT2D eigenvalue weighted by Gasteiger charge is -2.22. The van der Waals surface area contributed by atoms with Gasteiger partial charge in [-0.2, -0.15) is 0 Å². The number of hydrogen-bond acceptors (Lipinski definition) is 5. The minimum Gasteiger partial charge on any atom is -0.466 e. The van der Waals surface area contributed by atoms with Gasteiger partial charge in [-0.05, 0) is 25.7 Å². The summed E-state index contributed by atoms with van der Waals surface area (Å²) < 4.78 is 5.49. The van der Waals surface area contributed by atoms with Crippen LogP contribution in [-0.4, -0.2) is 47.4 Å². The van der Waals surface area contributed by atoms with E-state index in [4.69, 9.17) is 4.74 Å². The SMILES string of the molecule is CCCCCCCCCCCCCCC(=O)OCCCCCCCCCCCCCCCCCCCCCCCCCCCCCCCCCCCCCC(=O)NC(CO)C(O)CCCCCCCCCCCCC. The summed E-state index contributed by atoms with van der Waals surface area (Å²) in [6.45, 7) is 4.98. The third-order valence-electron chi connectivity index (χ3n) is 16.7. The summed E-state index contributed by atoms with van der Waals surface area (Å²) in [6.07, 6.45) is 78.9. The Morgan fingerprint density at radius 2 is 0.547 bits per heavy atom. The zero-order chi connectivity index (χ0) is 54.3. The van der Waals surface area contributed by atoms with Gasteiger partial charge in [0, 0.05) is 12.8 Å². The van der Waals surface area contributed by atoms with Crippen LogP contribution in [0.2, 0.25) is 0 Å². The number of esters is 1. The van der Waals surface area contributed by atoms with Gasteiger partial charge in [-0.1, -0.05) is 367 Å². The molecule has 6 heteroatoms. The highest BCUT2D eigenvalue weighted by Gasteiger charge is 2.20. The maximum atomic E-state index is 12.5. The zero-order valence-corrected chi connectivity index (χ0v) is 51.3. The fourth-order valence-corrected chi connectivity index (χ4v) is 11.4. The highest BCUT2D eigenvalue weighted by molar-refractivity contribution is 5.76. The molecule has 0 fully saturated rings. The zero-order valence-electron chi connectivity index (χ0n) is 51.3. The van der Waals surface area contributed by atoms with Gasteiger partial charge in [0.1, 0.15) is 0 Å². The van der Waals surface area contributed by atoms with Gasteiger partial charge >= 0.3 is 5.97 Å². The van der Waals surface area contributed by atoms with Crippen molar-refractivity contribution in [3.8, 4) is 0 Å². The maximum absolute atomic E-state index is 12.5. The first-order valence-electron chi connectivity index (χ1n) is 34.8. The molecule has 6 nitrogen and oxygen atoms in total. The second-order valence-corrected chi connectivity index (χ2v) is 24.2. The third kappa shape index (κ3) is 61.9. The first-order chi connectivity index (χ1) is 37.0. The molecule has 0 aromatic carbocycles. The van der Waals surface area contributed by atoms with Crippen LogP contribution in [0.4, 0.5) is 0 Å². The van der Waals surface area contributed by atoms with E-state index in [9.17, 15) is 19.8 Å². The van der Waals surface area contributed by atoms with Gasteiger partial charge in [0.15, 0.2) is 0 Å². The van der Waals surface area contributed by atoms with Gasteiger partial charge in [0.2, 0.25) is 5.91 Å². The van der Waals surface area contributed by atoms with Crippen molar-refractivity contribution in [2.75, 3.05) is 13.2 Å². The molecule has 2 atom stereocenters. The summed E-state index contributed by atoms with van der Waals surface area (Å²) in [6, 6.07) is -0.534. The predicted octanol–water partition coefficient (Wildman–Crippen LogP) is 22.2. The summed E-state index contributed by atoms with van der Waals surface area (Å²) in [5.74, 6) is -0.00392. The largest absolute Gasteiger partial charge is 0.466 e. The van der Waals surface area contributed by atoms with E-state index >= 15 is 0 Å². The van der Waals surface area contributed by atoms with Crippen molar-refractivity contribution in [3.05, 3.63) is 0 Å². The number of rotatable bonds is 66. The highest BCUT2D eigenvalue weighted by Crippen LogP contribution is 2.19. The molecule has 0 aromatic rings. The lowest BCUT2D eigenvalue weighted by molar-refractivity contribution is -0.143. The van der Waals surface area contributed by atoms with E-state index < -0.39 is 12.1 Å². The molecule has 1 amide bonds. The topological polar surface area (TPSA) is 95.9 Å². The molecule has 0 aliphatic rings. The second-order valence-electron chi connectivity index (χ2n) is 24.2. The smallest absolute Gasteiger partial charge is 0.305 e. The molecule has 3 N–H and O–H groups in total. The van der Waals surface area contributed by atoms with Gasteiger partial charge in [-0.3, -0.25) is 9.59 Å². The van der Waals surface area contributed by atoms with Gasteiger partial charge in [-0.25, -0.2) is 0 Å². The average Bonchev–Trinajstić information content (AvgIpc) is 3.41. The fourth-order valence-electron chi connectivity index (χ4n) is 11.4. The minimum atomic E-state index is -0.657. The van der Waals surface area contributed by atoms with E-state index in [0.29, 0.717) is 25.9 Å². The van der Waals surface area contributed by atoms with Crippen molar-refractivity contribution < 1.29 is 24.5 Å². The second kappa shape index (κ2) is 65.4. The third-order valence-corrected chi connectivity index (χ3v) is 16.7. The lowest BCUT2D eigenvalue weighted by Crippen LogP contribution is -2.45. The van der Waals surface area contributed by atoms with E-state index in [2.05, 4.69) is 19.2 Å². The van der Waals surface area contributed by atoms with Gasteiger partial charge in [0.05, 0.1) is 25.4 Å². The molecular formula is C69H137NO5. The molecule has 0 aromatic heterocycles. The Morgan fingerprint density at radius 1 is 0.320 bits per heavy atom. The molecule has 0 heterocycles.